The van der Waals surface area contributed by atoms with E-state index in [2.05, 4.69) is 84.2 Å². The molecule has 41 heavy (non-hydrogen) atoms. The molecule has 7 nitrogen and oxygen atoms in total. The Hall–Kier alpha value is -0.0100. The third-order valence-corrected chi connectivity index (χ3v) is 6.55. The molecule has 0 heterocycles. The highest BCUT2D eigenvalue weighted by Crippen LogP contribution is 2.08. The van der Waals surface area contributed by atoms with E-state index in [9.17, 15) is 0 Å². The van der Waals surface area contributed by atoms with Gasteiger partial charge in [-0.3, -0.25) is 0 Å². The lowest BCUT2D eigenvalue weighted by Gasteiger charge is -2.36. The average Bonchev–Trinajstić information content (AvgIpc) is 2.78. The van der Waals surface area contributed by atoms with E-state index >= 15 is 0 Å². The second-order valence-corrected chi connectivity index (χ2v) is 15.7. The van der Waals surface area contributed by atoms with Crippen LogP contribution in [0.1, 0.15) is 136 Å². The van der Waals surface area contributed by atoms with Gasteiger partial charge in [-0.1, -0.05) is 97.8 Å². The van der Waals surface area contributed by atoms with Crippen molar-refractivity contribution in [2.24, 2.45) is 0 Å². The Kier molecular flexibility index (Phi) is 35.1. The van der Waals surface area contributed by atoms with Crippen molar-refractivity contribution in [1.82, 2.24) is 0 Å². The summed E-state index contributed by atoms with van der Waals surface area (Å²) in [6.07, 6.45) is 25.4. The first-order chi connectivity index (χ1) is 18.7. The Labute approximate surface area is 259 Å². The lowest BCUT2D eigenvalue weighted by atomic mass is 10.1. The largest absolute Gasteiger partial charge is 0.822 e. The van der Waals surface area contributed by atoms with Gasteiger partial charge in [-0.2, -0.15) is 7.82 Å². The molecule has 0 aromatic heterocycles. The van der Waals surface area contributed by atoms with Crippen LogP contribution in [0.4, 0.5) is 0 Å². The van der Waals surface area contributed by atoms with Crippen LogP contribution in [0.5, 0.6) is 0 Å². The van der Waals surface area contributed by atoms with Crippen LogP contribution in [-0.2, 0) is 4.57 Å². The number of nitrogens with zero attached hydrogens (tertiary/aromatic N) is 3. The Bertz CT molecular complexity index is 480. The highest BCUT2D eigenvalue weighted by molar-refractivity contribution is 7.40. The molecule has 0 radical (unpaired) electrons. The smallest absolute Gasteiger partial charge is 0.0780 e. The van der Waals surface area contributed by atoms with Gasteiger partial charge in [0, 0.05) is 0 Å². The molecule has 0 rings (SSSR count). The van der Waals surface area contributed by atoms with Crippen molar-refractivity contribution in [3.8, 4) is 0 Å². The summed E-state index contributed by atoms with van der Waals surface area (Å²) in [5.74, 6) is 0. The number of rotatable bonds is 21. The molecule has 0 aromatic rings. The monoisotopic (exact) mass is 612 g/mol. The van der Waals surface area contributed by atoms with E-state index in [1.54, 1.807) is 0 Å². The van der Waals surface area contributed by atoms with Gasteiger partial charge in [-0.05, 0) is 38.5 Å². The first kappa shape index (κ1) is 47.9. The van der Waals surface area contributed by atoms with Crippen molar-refractivity contribution in [3.63, 3.8) is 0 Å². The van der Waals surface area contributed by atoms with Crippen LogP contribution >= 0.6 is 7.82 Å². The maximum atomic E-state index is 8.55. The summed E-state index contributed by atoms with van der Waals surface area (Å²) in [5, 5.41) is 0. The minimum Gasteiger partial charge on any atom is -0.822 e. The zero-order valence-corrected chi connectivity index (χ0v) is 31.2. The van der Waals surface area contributed by atoms with E-state index < -0.39 is 7.82 Å². The van der Waals surface area contributed by atoms with E-state index in [1.165, 1.54) is 135 Å². The van der Waals surface area contributed by atoms with E-state index in [1.807, 2.05) is 0 Å². The minimum absolute atomic E-state index is 1.12. The Morgan fingerprint density at radius 2 is 0.512 bits per heavy atom. The van der Waals surface area contributed by atoms with Crippen molar-refractivity contribution in [3.05, 3.63) is 0 Å². The fourth-order valence-electron chi connectivity index (χ4n) is 4.10. The first-order valence-corrected chi connectivity index (χ1v) is 18.3. The molecule has 0 bridgehead atoms. The number of phosphoric acid groups is 1. The summed E-state index contributed by atoms with van der Waals surface area (Å²) in [6, 6.07) is 0. The molecule has 0 amide bonds. The van der Waals surface area contributed by atoms with Crippen LogP contribution < -0.4 is 14.7 Å². The molecule has 0 aliphatic carbocycles. The normalized spacial score (nSPS) is 12.0. The topological polar surface area (TPSA) is 86.2 Å². The third-order valence-electron chi connectivity index (χ3n) is 6.55. The van der Waals surface area contributed by atoms with Gasteiger partial charge in [0.2, 0.25) is 0 Å². The molecule has 0 aromatic carbocycles. The van der Waals surface area contributed by atoms with Gasteiger partial charge in [-0.15, -0.1) is 0 Å². The maximum Gasteiger partial charge on any atom is 0.0780 e. The van der Waals surface area contributed by atoms with Crippen molar-refractivity contribution in [2.45, 2.75) is 136 Å². The molecule has 8 heteroatoms. The van der Waals surface area contributed by atoms with Crippen molar-refractivity contribution in [1.29, 1.82) is 0 Å². The standard InChI is InChI=1S/3C11H26N.H3O4P/c3*1-5-6-7-8-9-10-11-12(2,3)4;1-5(2,3)4/h3*5-11H2,1-4H3;(H3,1,2,3,4)/q3*+1;/p-3. The van der Waals surface area contributed by atoms with Crippen molar-refractivity contribution in [2.75, 3.05) is 83.1 Å². The van der Waals surface area contributed by atoms with Crippen molar-refractivity contribution >= 4 is 7.82 Å². The Morgan fingerprint density at radius 1 is 0.366 bits per heavy atom. The van der Waals surface area contributed by atoms with Crippen molar-refractivity contribution < 1.29 is 32.7 Å². The summed E-state index contributed by atoms with van der Waals surface area (Å²) in [5.41, 5.74) is 0. The number of hydrogen-bond acceptors (Lipinski definition) is 4. The van der Waals surface area contributed by atoms with Crippen LogP contribution in [0.2, 0.25) is 0 Å². The second-order valence-electron chi connectivity index (χ2n) is 14.8. The van der Waals surface area contributed by atoms with E-state index in [0.717, 1.165) is 13.4 Å². The molecule has 0 aliphatic heterocycles. The summed E-state index contributed by atoms with van der Waals surface area (Å²) in [6.45, 7) is 10.8. The average molecular weight is 612 g/mol. The van der Waals surface area contributed by atoms with E-state index in [-0.39, 0.29) is 0 Å². The fourth-order valence-corrected chi connectivity index (χ4v) is 4.10. The van der Waals surface area contributed by atoms with Gasteiger partial charge >= 0.3 is 0 Å². The summed E-state index contributed by atoms with van der Waals surface area (Å²) in [7, 11) is 15.0. The second kappa shape index (κ2) is 30.0. The SMILES string of the molecule is CCCCCCCC[N+](C)(C)C.CCCCCCCC[N+](C)(C)C.CCCCCCCC[N+](C)(C)C.O=P([O-])([O-])[O-]. The maximum absolute atomic E-state index is 8.55. The molecule has 254 valence electrons. The molecular formula is C33H78N3O4P. The van der Waals surface area contributed by atoms with Crippen LogP contribution in [0.25, 0.3) is 0 Å². The number of hydrogen-bond donors (Lipinski definition) is 0. The minimum atomic E-state index is -5.39. The van der Waals surface area contributed by atoms with E-state index in [4.69, 9.17) is 19.2 Å². The predicted molar refractivity (Wildman–Crippen MR) is 176 cm³/mol. The zero-order valence-electron chi connectivity index (χ0n) is 30.3. The van der Waals surface area contributed by atoms with Gasteiger partial charge in [0.25, 0.3) is 0 Å². The van der Waals surface area contributed by atoms with Crippen LogP contribution in [-0.4, -0.2) is 96.5 Å². The van der Waals surface area contributed by atoms with Gasteiger partial charge in [0.1, 0.15) is 0 Å². The molecule has 0 saturated carbocycles. The molecule has 0 aliphatic rings. The quantitative estimate of drug-likeness (QED) is 0.0862. The molecule has 0 atom stereocenters. The summed E-state index contributed by atoms with van der Waals surface area (Å²) < 4.78 is 11.9. The van der Waals surface area contributed by atoms with Gasteiger partial charge in [0.05, 0.1) is 83.1 Å². The van der Waals surface area contributed by atoms with Gasteiger partial charge < -0.3 is 32.7 Å². The third kappa shape index (κ3) is 79.2. The first-order valence-electron chi connectivity index (χ1n) is 16.8. The number of unbranched alkanes of at least 4 members (excludes halogenated alkanes) is 15. The predicted octanol–water partition coefficient (Wildman–Crippen LogP) is 6.33. The molecular weight excluding hydrogens is 533 g/mol. The zero-order chi connectivity index (χ0) is 32.8. The Balaban J connectivity index is -0.000000231. The lowest BCUT2D eigenvalue weighted by molar-refractivity contribution is -0.870. The summed E-state index contributed by atoms with van der Waals surface area (Å²) in [4.78, 5) is 25.6. The molecule has 0 N–H and O–H groups in total. The fraction of sp³-hybridized carbons (Fsp3) is 1.00. The lowest BCUT2D eigenvalue weighted by Crippen LogP contribution is -2.35. The van der Waals surface area contributed by atoms with Gasteiger partial charge in [0.15, 0.2) is 0 Å². The van der Waals surface area contributed by atoms with Crippen LogP contribution in [0.3, 0.4) is 0 Å². The molecule has 0 fully saturated rings. The molecule has 0 unspecified atom stereocenters. The van der Waals surface area contributed by atoms with Gasteiger partial charge in [-0.25, -0.2) is 0 Å². The highest BCUT2D eigenvalue weighted by Gasteiger charge is 2.06. The van der Waals surface area contributed by atoms with E-state index in [0.29, 0.717) is 0 Å². The molecule has 0 saturated heterocycles. The number of quaternary nitrogens is 3. The summed E-state index contributed by atoms with van der Waals surface area (Å²) >= 11 is 0. The van der Waals surface area contributed by atoms with Crippen LogP contribution in [0, 0.1) is 0 Å². The van der Waals surface area contributed by atoms with Crippen LogP contribution in [0.15, 0.2) is 0 Å². The molecule has 0 spiro atoms. The highest BCUT2D eigenvalue weighted by atomic mass is 31.2. The Morgan fingerprint density at radius 3 is 0.659 bits per heavy atom.